The lowest BCUT2D eigenvalue weighted by atomic mass is 10.1. The first-order chi connectivity index (χ1) is 15.2. The Balaban J connectivity index is 1.45. The number of nitrogens with zero attached hydrogens (tertiary/aromatic N) is 1. The van der Waals surface area contributed by atoms with Gasteiger partial charge in [0.05, 0.1) is 12.8 Å². The molecule has 1 heterocycles. The first-order valence-corrected chi connectivity index (χ1v) is 10.3. The van der Waals surface area contributed by atoms with E-state index in [1.807, 2.05) is 45.0 Å². The summed E-state index contributed by atoms with van der Waals surface area (Å²) in [6, 6.07) is 13.8. The zero-order chi connectivity index (χ0) is 23.1. The fraction of sp³-hybridized carbons (Fsp3) is 0.292. The highest BCUT2D eigenvalue weighted by Crippen LogP contribution is 2.21. The van der Waals surface area contributed by atoms with Crippen molar-refractivity contribution in [3.05, 3.63) is 66.1 Å². The lowest BCUT2D eigenvalue weighted by Crippen LogP contribution is -2.40. The first-order valence-electron chi connectivity index (χ1n) is 10.3. The molecule has 0 spiro atoms. The highest BCUT2D eigenvalue weighted by atomic mass is 16.5. The zero-order valence-corrected chi connectivity index (χ0v) is 18.7. The van der Waals surface area contributed by atoms with E-state index in [2.05, 4.69) is 20.9 Å². The van der Waals surface area contributed by atoms with Crippen LogP contribution in [0.25, 0.3) is 11.5 Å². The van der Waals surface area contributed by atoms with Crippen molar-refractivity contribution in [3.63, 3.8) is 0 Å². The SMILES string of the molecule is COc1ccc(-c2nc(CCNC(=O)Nc3ccc(C(=O)NC(C)(C)C)cc3)co2)cc1. The first kappa shape index (κ1) is 22.9. The maximum atomic E-state index is 12.2. The summed E-state index contributed by atoms with van der Waals surface area (Å²) >= 11 is 0. The van der Waals surface area contributed by atoms with Crippen molar-refractivity contribution in [2.75, 3.05) is 19.0 Å². The molecule has 3 N–H and O–H groups in total. The van der Waals surface area contributed by atoms with E-state index in [-0.39, 0.29) is 17.5 Å². The molecule has 0 atom stereocenters. The second-order valence-electron chi connectivity index (χ2n) is 8.28. The van der Waals surface area contributed by atoms with Gasteiger partial charge >= 0.3 is 6.03 Å². The van der Waals surface area contributed by atoms with Crippen LogP contribution >= 0.6 is 0 Å². The Kier molecular flexibility index (Phi) is 7.14. The summed E-state index contributed by atoms with van der Waals surface area (Å²) in [5.74, 6) is 1.12. The average molecular weight is 437 g/mol. The highest BCUT2D eigenvalue weighted by molar-refractivity contribution is 5.95. The molecular weight excluding hydrogens is 408 g/mol. The summed E-state index contributed by atoms with van der Waals surface area (Å²) in [7, 11) is 1.61. The topological polar surface area (TPSA) is 105 Å². The number of urea groups is 1. The number of amides is 3. The minimum absolute atomic E-state index is 0.157. The van der Waals surface area contributed by atoms with Gasteiger partial charge in [-0.25, -0.2) is 9.78 Å². The number of anilines is 1. The van der Waals surface area contributed by atoms with E-state index in [0.29, 0.717) is 30.1 Å². The van der Waals surface area contributed by atoms with Gasteiger partial charge in [-0.2, -0.15) is 0 Å². The number of hydrogen-bond acceptors (Lipinski definition) is 5. The minimum Gasteiger partial charge on any atom is -0.497 e. The fourth-order valence-corrected chi connectivity index (χ4v) is 2.89. The molecule has 0 bridgehead atoms. The Bertz CT molecular complexity index is 1050. The van der Waals surface area contributed by atoms with Crippen LogP contribution in [0.5, 0.6) is 5.75 Å². The van der Waals surface area contributed by atoms with E-state index < -0.39 is 0 Å². The third kappa shape index (κ3) is 6.60. The van der Waals surface area contributed by atoms with Crippen LogP contribution in [-0.2, 0) is 6.42 Å². The molecular formula is C24H28N4O4. The number of oxazole rings is 1. The summed E-state index contributed by atoms with van der Waals surface area (Å²) in [5, 5.41) is 8.43. The minimum atomic E-state index is -0.337. The normalized spacial score (nSPS) is 11.0. The maximum Gasteiger partial charge on any atom is 0.319 e. The number of aromatic nitrogens is 1. The van der Waals surface area contributed by atoms with Crippen molar-refractivity contribution >= 4 is 17.6 Å². The molecule has 0 saturated heterocycles. The third-order valence-electron chi connectivity index (χ3n) is 4.45. The molecule has 8 nitrogen and oxygen atoms in total. The van der Waals surface area contributed by atoms with Crippen LogP contribution in [0.3, 0.4) is 0 Å². The summed E-state index contributed by atoms with van der Waals surface area (Å²) in [6.45, 7) is 6.16. The number of methoxy groups -OCH3 is 1. The Morgan fingerprint density at radius 3 is 2.34 bits per heavy atom. The third-order valence-corrected chi connectivity index (χ3v) is 4.45. The van der Waals surface area contributed by atoms with E-state index in [9.17, 15) is 9.59 Å². The predicted molar refractivity (Wildman–Crippen MR) is 123 cm³/mol. The maximum absolute atomic E-state index is 12.2. The molecule has 3 aromatic rings. The largest absolute Gasteiger partial charge is 0.497 e. The smallest absolute Gasteiger partial charge is 0.319 e. The van der Waals surface area contributed by atoms with Crippen molar-refractivity contribution in [3.8, 4) is 17.2 Å². The monoisotopic (exact) mass is 436 g/mol. The summed E-state index contributed by atoms with van der Waals surface area (Å²) in [5.41, 5.74) is 2.41. The van der Waals surface area contributed by atoms with Crippen molar-refractivity contribution in [1.82, 2.24) is 15.6 Å². The zero-order valence-electron chi connectivity index (χ0n) is 18.7. The molecule has 3 rings (SSSR count). The lowest BCUT2D eigenvalue weighted by Gasteiger charge is -2.20. The molecule has 1 aromatic heterocycles. The van der Waals surface area contributed by atoms with E-state index in [1.165, 1.54) is 0 Å². The predicted octanol–water partition coefficient (Wildman–Crippen LogP) is 4.24. The molecule has 32 heavy (non-hydrogen) atoms. The van der Waals surface area contributed by atoms with Gasteiger partial charge in [-0.05, 0) is 69.3 Å². The Hall–Kier alpha value is -3.81. The van der Waals surface area contributed by atoms with Crippen LogP contribution in [-0.4, -0.2) is 36.1 Å². The average Bonchev–Trinajstić information content (AvgIpc) is 3.22. The fourth-order valence-electron chi connectivity index (χ4n) is 2.89. The highest BCUT2D eigenvalue weighted by Gasteiger charge is 2.15. The number of benzene rings is 2. The second kappa shape index (κ2) is 10.00. The molecule has 0 aliphatic heterocycles. The lowest BCUT2D eigenvalue weighted by molar-refractivity contribution is 0.0919. The second-order valence-corrected chi connectivity index (χ2v) is 8.28. The van der Waals surface area contributed by atoms with E-state index in [1.54, 1.807) is 37.6 Å². The number of carbonyl (C=O) groups excluding carboxylic acids is 2. The number of carbonyl (C=O) groups is 2. The van der Waals surface area contributed by atoms with E-state index in [0.717, 1.165) is 17.0 Å². The van der Waals surface area contributed by atoms with Crippen molar-refractivity contribution in [2.45, 2.75) is 32.7 Å². The molecule has 3 amide bonds. The van der Waals surface area contributed by atoms with Crippen LogP contribution in [0, 0.1) is 0 Å². The summed E-state index contributed by atoms with van der Waals surface area (Å²) in [4.78, 5) is 28.8. The van der Waals surface area contributed by atoms with Gasteiger partial charge in [0.15, 0.2) is 0 Å². The van der Waals surface area contributed by atoms with Crippen molar-refractivity contribution < 1.29 is 18.7 Å². The van der Waals surface area contributed by atoms with Crippen LogP contribution in [0.15, 0.2) is 59.2 Å². The molecule has 168 valence electrons. The summed E-state index contributed by atoms with van der Waals surface area (Å²) in [6.07, 6.45) is 2.11. The Morgan fingerprint density at radius 2 is 1.72 bits per heavy atom. The molecule has 0 aliphatic rings. The Labute approximate surface area is 187 Å². The number of hydrogen-bond donors (Lipinski definition) is 3. The van der Waals surface area contributed by atoms with Crippen molar-refractivity contribution in [1.29, 1.82) is 0 Å². The van der Waals surface area contributed by atoms with Gasteiger partial charge < -0.3 is 25.1 Å². The summed E-state index contributed by atoms with van der Waals surface area (Å²) < 4.78 is 10.7. The molecule has 8 heteroatoms. The van der Waals surface area contributed by atoms with Crippen LogP contribution in [0.2, 0.25) is 0 Å². The van der Waals surface area contributed by atoms with Gasteiger partial charge in [0.1, 0.15) is 12.0 Å². The van der Waals surface area contributed by atoms with Crippen LogP contribution < -0.4 is 20.7 Å². The van der Waals surface area contributed by atoms with E-state index in [4.69, 9.17) is 9.15 Å². The number of nitrogens with one attached hydrogen (secondary N) is 3. The van der Waals surface area contributed by atoms with Gasteiger partial charge in [-0.3, -0.25) is 4.79 Å². The van der Waals surface area contributed by atoms with Gasteiger partial charge in [0.25, 0.3) is 5.91 Å². The number of rotatable bonds is 7. The quantitative estimate of drug-likeness (QED) is 0.514. The standard InChI is InChI=1S/C24H28N4O4/c1-24(2,3)28-21(29)16-5-9-18(10-6-16)27-23(30)25-14-13-19-15-32-22(26-19)17-7-11-20(31-4)12-8-17/h5-12,15H,13-14H2,1-4H3,(H,28,29)(H2,25,27,30). The molecule has 0 saturated carbocycles. The van der Waals surface area contributed by atoms with E-state index >= 15 is 0 Å². The van der Waals surface area contributed by atoms with Gasteiger partial charge in [0.2, 0.25) is 5.89 Å². The Morgan fingerprint density at radius 1 is 1.03 bits per heavy atom. The van der Waals surface area contributed by atoms with Crippen molar-refractivity contribution in [2.24, 2.45) is 0 Å². The molecule has 2 aromatic carbocycles. The molecule has 0 unspecified atom stereocenters. The van der Waals surface area contributed by atoms with Gasteiger partial charge in [0, 0.05) is 35.3 Å². The van der Waals surface area contributed by atoms with Gasteiger partial charge in [-0.15, -0.1) is 0 Å². The molecule has 0 radical (unpaired) electrons. The molecule has 0 fully saturated rings. The van der Waals surface area contributed by atoms with Crippen LogP contribution in [0.1, 0.15) is 36.8 Å². The number of ether oxygens (including phenoxy) is 1. The van der Waals surface area contributed by atoms with Gasteiger partial charge in [-0.1, -0.05) is 0 Å². The van der Waals surface area contributed by atoms with Crippen LogP contribution in [0.4, 0.5) is 10.5 Å². The molecule has 0 aliphatic carbocycles.